The number of aliphatic hydroxyl groups is 14. The molecule has 0 aliphatic carbocycles. The average Bonchev–Trinajstić information content (AvgIpc) is 3.42. The minimum atomic E-state index is -1.95. The Balaban J connectivity index is 1.08. The van der Waals surface area contributed by atoms with Gasteiger partial charge in [-0.2, -0.15) is 0 Å². The highest BCUT2D eigenvalue weighted by atomic mass is 79.9. The van der Waals surface area contributed by atoms with Crippen molar-refractivity contribution in [1.29, 1.82) is 0 Å². The maximum atomic E-state index is 11.5. The first-order chi connectivity index (χ1) is 36.7. The molecule has 28 nitrogen and oxygen atoms in total. The summed E-state index contributed by atoms with van der Waals surface area (Å²) in [7, 11) is 0. The van der Waals surface area contributed by atoms with Crippen LogP contribution in [0.25, 0.3) is 0 Å². The number of hydrogen-bond acceptors (Lipinski definition) is 28. The number of ether oxygens (including phenoxy) is 14. The third-order valence-electron chi connectivity index (χ3n) is 14.6. The van der Waals surface area contributed by atoms with Crippen LogP contribution in [0.4, 0.5) is 0 Å². The Hall–Kier alpha value is 2.24. The molecule has 0 saturated carbocycles. The van der Waals surface area contributed by atoms with Gasteiger partial charge in [-0.25, -0.2) is 0 Å². The highest BCUT2D eigenvalue weighted by Crippen LogP contribution is 2.40. The van der Waals surface area contributed by atoms with E-state index in [1.807, 2.05) is 0 Å². The minimum absolute atomic E-state index is 0.103. The van der Waals surface area contributed by atoms with Gasteiger partial charge in [-0.15, -0.1) is 0 Å². The molecule has 0 spiro atoms. The van der Waals surface area contributed by atoms with Crippen molar-refractivity contribution in [2.75, 3.05) is 37.3 Å². The molecule has 0 amide bonds. The van der Waals surface area contributed by atoms with Crippen LogP contribution < -0.4 is 0 Å². The molecule has 15 aliphatic heterocycles. The normalized spacial score (nSPS) is 55.4. The van der Waals surface area contributed by atoms with Gasteiger partial charge in [0.1, 0.15) is 128 Å². The van der Waals surface area contributed by atoms with E-state index in [1.54, 1.807) is 0 Å². The van der Waals surface area contributed by atoms with E-state index in [2.05, 4.69) is 112 Å². The third-order valence-corrected chi connectivity index (χ3v) is 19.1. The maximum Gasteiger partial charge on any atom is 0.187 e. The molecular weight excluding hydrogens is 1510 g/mol. The van der Waals surface area contributed by atoms with Crippen molar-refractivity contribution in [1.82, 2.24) is 0 Å². The molecule has 15 heterocycles. The molecule has 0 aromatic carbocycles. The van der Waals surface area contributed by atoms with Gasteiger partial charge in [0.15, 0.2) is 44.0 Å². The Bertz CT molecular complexity index is 1490. The summed E-state index contributed by atoms with van der Waals surface area (Å²) in [6, 6.07) is 0. The predicted molar refractivity (Wildman–Crippen MR) is 275 cm³/mol. The molecule has 448 valence electrons. The first-order valence-corrected chi connectivity index (χ1v) is 32.1. The second-order valence-corrected chi connectivity index (χ2v) is 24.0. The quantitative estimate of drug-likeness (QED) is 0.106. The number of rotatable bonds is 7. The summed E-state index contributed by atoms with van der Waals surface area (Å²) < 4.78 is 84.2. The summed E-state index contributed by atoms with van der Waals surface area (Å²) in [5, 5.41) is 160. The van der Waals surface area contributed by atoms with E-state index in [-0.39, 0.29) is 37.3 Å². The molecule has 0 unspecified atom stereocenters. The Morgan fingerprint density at radius 3 is 0.364 bits per heavy atom. The van der Waals surface area contributed by atoms with Crippen molar-refractivity contribution in [3.8, 4) is 0 Å². The van der Waals surface area contributed by atoms with Crippen LogP contribution in [0.3, 0.4) is 0 Å². The summed E-state index contributed by atoms with van der Waals surface area (Å²) >= 11 is 23.1. The van der Waals surface area contributed by atoms with Gasteiger partial charge < -0.3 is 138 Å². The molecule has 35 atom stereocenters. The molecule has 0 radical (unpaired) electrons. The van der Waals surface area contributed by atoms with Crippen molar-refractivity contribution in [2.45, 2.75) is 215 Å². The number of alkyl halides is 7. The summed E-state index contributed by atoms with van der Waals surface area (Å²) in [4.78, 5) is 0. The van der Waals surface area contributed by atoms with E-state index in [4.69, 9.17) is 66.3 Å². The SMILES string of the molecule is O[C@@H]1[C@H]2O[C@H]3[C@H](O)[C@@H](O)[C@@H](O[C@H]4[C@H](O)[C@@H](O)[C@@H](O[C@H]5[C@H](O)[C@@H](O)[C@@H](O[C@H]6[C@H](O)[C@@H](O)[C@@H](O[C@H]7[C@@H](O)[C@H](O)[C@@H](O[C@H]8[C@@H](O)[C@H](O)[C@@H](O[C@@H]([C@H]1O)[C@@H](CBr)O2)O[C@@H]8CBr)O[C@@H]7CBr)O[C@@H]6CBr)O[C@@H]5CBr)O[C@@H]4CBr)O[C@@H]3CBr. The Labute approximate surface area is 497 Å². The summed E-state index contributed by atoms with van der Waals surface area (Å²) in [5.41, 5.74) is 0. The van der Waals surface area contributed by atoms with Crippen LogP contribution >= 0.6 is 112 Å². The molecule has 15 saturated heterocycles. The van der Waals surface area contributed by atoms with Gasteiger partial charge >= 0.3 is 0 Å². The lowest BCUT2D eigenvalue weighted by Crippen LogP contribution is -2.68. The second kappa shape index (κ2) is 28.4. The molecule has 15 aliphatic rings. The van der Waals surface area contributed by atoms with E-state index < -0.39 is 215 Å². The molecule has 35 heteroatoms. The van der Waals surface area contributed by atoms with Crippen molar-refractivity contribution < 1.29 is 138 Å². The fourth-order valence-corrected chi connectivity index (χ4v) is 13.9. The standard InChI is InChI=1S/C42H63Br7O28/c43-1-8-29-15(50)22(57)36(64-8)72-30-9(2-44)66-38(24(59)17(30)52)74-32-11(4-46)68-40(26(61)19(32)54)76-34-13(6-48)70-42(28(63)21(34)56)77-35-14(7-49)69-41(27(62)20(35)55)75-33-12(5-47)67-39(25(60)18(33)53)73-31-10(3-45)65-37(71-29)23(58)16(31)51/h8-42,50-63H,1-7H2/t8-,9-,10-,11-,12-,13-,14-,15-,16-,17-,18-,19+,20+,21+,22-,23-,24-,25-,26+,27+,28+,29-,30-,31-,32-,33-,34-,35-,36-,37-,38-,39-,40-,41-,42-/m1/s1. The third kappa shape index (κ3) is 13.4. The zero-order valence-corrected chi connectivity index (χ0v) is 50.9. The summed E-state index contributed by atoms with van der Waals surface area (Å²) in [6.45, 7) is 0. The van der Waals surface area contributed by atoms with E-state index in [0.717, 1.165) is 0 Å². The average molecular weight is 1580 g/mol. The van der Waals surface area contributed by atoms with E-state index in [0.29, 0.717) is 0 Å². The fourth-order valence-electron chi connectivity index (χ4n) is 10.3. The summed E-state index contributed by atoms with van der Waals surface area (Å²) in [5.74, 6) is 0. The molecule has 77 heavy (non-hydrogen) atoms. The van der Waals surface area contributed by atoms with Gasteiger partial charge in [-0.3, -0.25) is 0 Å². The lowest BCUT2D eigenvalue weighted by molar-refractivity contribution is -0.388. The highest BCUT2D eigenvalue weighted by Gasteiger charge is 2.59. The largest absolute Gasteiger partial charge is 0.387 e. The van der Waals surface area contributed by atoms with Crippen LogP contribution in [0.1, 0.15) is 0 Å². The van der Waals surface area contributed by atoms with Crippen LogP contribution in [0, 0.1) is 0 Å². The molecule has 15 fully saturated rings. The monoisotopic (exact) mass is 1570 g/mol. The molecule has 14 N–H and O–H groups in total. The van der Waals surface area contributed by atoms with Crippen LogP contribution in [0.2, 0.25) is 0 Å². The lowest BCUT2D eigenvalue weighted by atomic mass is 9.95. The number of aliphatic hydroxyl groups excluding tert-OH is 14. The van der Waals surface area contributed by atoms with Crippen molar-refractivity contribution in [3.05, 3.63) is 0 Å². The van der Waals surface area contributed by atoms with Gasteiger partial charge in [0.25, 0.3) is 0 Å². The van der Waals surface area contributed by atoms with Gasteiger partial charge in [-0.1, -0.05) is 112 Å². The van der Waals surface area contributed by atoms with Crippen LogP contribution in [-0.2, 0) is 66.3 Å². The van der Waals surface area contributed by atoms with Crippen LogP contribution in [0.5, 0.6) is 0 Å². The maximum absolute atomic E-state index is 11.5. The molecule has 0 aromatic heterocycles. The van der Waals surface area contributed by atoms with E-state index in [1.165, 1.54) is 0 Å². The van der Waals surface area contributed by atoms with Gasteiger partial charge in [0, 0.05) is 37.3 Å². The highest BCUT2D eigenvalue weighted by molar-refractivity contribution is 9.10. The Morgan fingerprint density at radius 1 is 0.169 bits per heavy atom. The van der Waals surface area contributed by atoms with Crippen molar-refractivity contribution in [2.24, 2.45) is 0 Å². The zero-order chi connectivity index (χ0) is 56.1. The van der Waals surface area contributed by atoms with Crippen molar-refractivity contribution >= 4 is 112 Å². The summed E-state index contributed by atoms with van der Waals surface area (Å²) in [6.07, 6.45) is -58.0. The predicted octanol–water partition coefficient (Wildman–Crippen LogP) is -5.41. The van der Waals surface area contributed by atoms with Crippen LogP contribution in [-0.4, -0.2) is 324 Å². The smallest absolute Gasteiger partial charge is 0.187 e. The van der Waals surface area contributed by atoms with Gasteiger partial charge in [0.05, 0.1) is 42.7 Å². The fraction of sp³-hybridized carbons (Fsp3) is 1.00. The lowest BCUT2D eigenvalue weighted by Gasteiger charge is -2.50. The number of fused-ring (bicyclic) bond motifs is 7. The number of halogens is 7. The first-order valence-electron chi connectivity index (χ1n) is 24.3. The van der Waals surface area contributed by atoms with Gasteiger partial charge in [-0.05, 0) is 0 Å². The molecule has 14 bridgehead atoms. The molecular formula is C42H63Br7O28. The van der Waals surface area contributed by atoms with E-state index >= 15 is 0 Å². The van der Waals surface area contributed by atoms with Crippen molar-refractivity contribution in [3.63, 3.8) is 0 Å². The van der Waals surface area contributed by atoms with E-state index in [9.17, 15) is 71.5 Å². The zero-order valence-electron chi connectivity index (χ0n) is 39.8. The molecule has 0 aromatic rings. The molecule has 15 rings (SSSR count). The Morgan fingerprint density at radius 2 is 0.273 bits per heavy atom. The number of hydrogen-bond donors (Lipinski definition) is 14. The second-order valence-electron chi connectivity index (χ2n) is 19.5. The minimum Gasteiger partial charge on any atom is -0.387 e. The Kier molecular flexibility index (Phi) is 24.0. The van der Waals surface area contributed by atoms with Gasteiger partial charge in [0.2, 0.25) is 0 Å². The van der Waals surface area contributed by atoms with Crippen LogP contribution in [0.15, 0.2) is 0 Å². The topological polar surface area (TPSA) is 412 Å². The first kappa shape index (κ1) is 65.2.